The Kier molecular flexibility index (Phi) is 6.25. The number of aliphatic imine (C=N–C) groups is 1. The molecule has 0 bridgehead atoms. The molecular formula is C14H17NO3. The first-order valence-electron chi connectivity index (χ1n) is 5.76. The third-order valence-corrected chi connectivity index (χ3v) is 2.03. The Bertz CT molecular complexity index is 427. The van der Waals surface area contributed by atoms with Crippen LogP contribution in [-0.4, -0.2) is 31.9 Å². The van der Waals surface area contributed by atoms with Gasteiger partial charge in [0.15, 0.2) is 0 Å². The fourth-order valence-corrected chi connectivity index (χ4v) is 1.29. The van der Waals surface area contributed by atoms with Crippen LogP contribution in [0.2, 0.25) is 0 Å². The molecule has 0 aliphatic carbocycles. The topological polar surface area (TPSA) is 47.9 Å². The predicted octanol–water partition coefficient (Wildman–Crippen LogP) is 2.23. The summed E-state index contributed by atoms with van der Waals surface area (Å²) in [6.45, 7) is 6.17. The Morgan fingerprint density at radius 2 is 2.22 bits per heavy atom. The van der Waals surface area contributed by atoms with Crippen molar-refractivity contribution in [1.29, 1.82) is 0 Å². The average Bonchev–Trinajstić information content (AvgIpc) is 2.38. The molecule has 0 saturated carbocycles. The largest absolute Gasteiger partial charge is 0.489 e. The molecular weight excluding hydrogens is 230 g/mol. The summed E-state index contributed by atoms with van der Waals surface area (Å²) in [5.41, 5.74) is 0.823. The van der Waals surface area contributed by atoms with E-state index in [0.717, 1.165) is 5.56 Å². The second kappa shape index (κ2) is 8.06. The molecule has 96 valence electrons. The van der Waals surface area contributed by atoms with Crippen LogP contribution in [0.15, 0.2) is 41.9 Å². The molecule has 0 aliphatic heterocycles. The second-order valence-corrected chi connectivity index (χ2v) is 3.41. The molecule has 0 amide bonds. The van der Waals surface area contributed by atoms with Crippen LogP contribution in [0.4, 0.5) is 0 Å². The van der Waals surface area contributed by atoms with Gasteiger partial charge >= 0.3 is 5.97 Å². The van der Waals surface area contributed by atoms with Crippen molar-refractivity contribution in [3.63, 3.8) is 0 Å². The predicted molar refractivity (Wildman–Crippen MR) is 71.2 cm³/mol. The van der Waals surface area contributed by atoms with E-state index in [2.05, 4.69) is 11.6 Å². The Hall–Kier alpha value is -2.10. The maximum Gasteiger partial charge on any atom is 0.327 e. The van der Waals surface area contributed by atoms with E-state index in [0.29, 0.717) is 19.0 Å². The van der Waals surface area contributed by atoms with Crippen molar-refractivity contribution in [3.05, 3.63) is 42.5 Å². The standard InChI is InChI=1S/C14H17NO3/c1-3-9-18-13-8-6-5-7-12(13)10-15-11-14(16)17-4-2/h3,5-8,10H,1,4,9,11H2,2H3. The highest BCUT2D eigenvalue weighted by atomic mass is 16.5. The van der Waals surface area contributed by atoms with Gasteiger partial charge in [-0.25, -0.2) is 0 Å². The van der Waals surface area contributed by atoms with Crippen LogP contribution in [0.3, 0.4) is 0 Å². The molecule has 0 aliphatic rings. The molecule has 0 spiro atoms. The van der Waals surface area contributed by atoms with Crippen molar-refractivity contribution in [2.75, 3.05) is 19.8 Å². The Labute approximate surface area is 107 Å². The van der Waals surface area contributed by atoms with Crippen molar-refractivity contribution in [2.24, 2.45) is 4.99 Å². The second-order valence-electron chi connectivity index (χ2n) is 3.41. The number of esters is 1. The Balaban J connectivity index is 2.62. The maximum atomic E-state index is 11.1. The van der Waals surface area contributed by atoms with Crippen LogP contribution in [0, 0.1) is 0 Å². The molecule has 0 fully saturated rings. The summed E-state index contributed by atoms with van der Waals surface area (Å²) in [7, 11) is 0. The van der Waals surface area contributed by atoms with Gasteiger partial charge in [0.25, 0.3) is 0 Å². The molecule has 0 heterocycles. The van der Waals surface area contributed by atoms with Gasteiger partial charge < -0.3 is 9.47 Å². The molecule has 0 aromatic heterocycles. The van der Waals surface area contributed by atoms with Crippen molar-refractivity contribution in [2.45, 2.75) is 6.92 Å². The fourth-order valence-electron chi connectivity index (χ4n) is 1.29. The number of carbonyl (C=O) groups excluding carboxylic acids is 1. The first-order valence-corrected chi connectivity index (χ1v) is 5.76. The van der Waals surface area contributed by atoms with Gasteiger partial charge in [0.1, 0.15) is 18.9 Å². The number of nitrogens with zero attached hydrogens (tertiary/aromatic N) is 1. The minimum absolute atomic E-state index is 0.0175. The number of hydrogen-bond acceptors (Lipinski definition) is 4. The number of benzene rings is 1. The summed E-state index contributed by atoms with van der Waals surface area (Å²) in [6.07, 6.45) is 3.28. The van der Waals surface area contributed by atoms with E-state index in [1.165, 1.54) is 0 Å². The van der Waals surface area contributed by atoms with Crippen LogP contribution < -0.4 is 4.74 Å². The molecule has 1 aromatic carbocycles. The molecule has 4 heteroatoms. The lowest BCUT2D eigenvalue weighted by Crippen LogP contribution is -2.07. The lowest BCUT2D eigenvalue weighted by Gasteiger charge is -2.06. The van der Waals surface area contributed by atoms with Gasteiger partial charge in [0.2, 0.25) is 0 Å². The summed E-state index contributed by atoms with van der Waals surface area (Å²) >= 11 is 0. The van der Waals surface area contributed by atoms with Crippen LogP contribution >= 0.6 is 0 Å². The SMILES string of the molecule is C=CCOc1ccccc1C=NCC(=O)OCC. The van der Waals surface area contributed by atoms with Crippen LogP contribution in [0.1, 0.15) is 12.5 Å². The molecule has 0 atom stereocenters. The molecule has 18 heavy (non-hydrogen) atoms. The number of ether oxygens (including phenoxy) is 2. The van der Waals surface area contributed by atoms with E-state index in [1.807, 2.05) is 24.3 Å². The van der Waals surface area contributed by atoms with E-state index in [-0.39, 0.29) is 12.5 Å². The monoisotopic (exact) mass is 247 g/mol. The van der Waals surface area contributed by atoms with E-state index in [4.69, 9.17) is 9.47 Å². The highest BCUT2D eigenvalue weighted by Gasteiger charge is 2.01. The maximum absolute atomic E-state index is 11.1. The van der Waals surface area contributed by atoms with Crippen LogP contribution in [0.5, 0.6) is 5.75 Å². The Morgan fingerprint density at radius 3 is 2.94 bits per heavy atom. The highest BCUT2D eigenvalue weighted by molar-refractivity contribution is 5.85. The van der Waals surface area contributed by atoms with Gasteiger partial charge in [-0.1, -0.05) is 24.8 Å². The van der Waals surface area contributed by atoms with Gasteiger partial charge in [0, 0.05) is 11.8 Å². The van der Waals surface area contributed by atoms with Gasteiger partial charge in [-0.3, -0.25) is 9.79 Å². The lowest BCUT2D eigenvalue weighted by molar-refractivity contribution is -0.141. The van der Waals surface area contributed by atoms with Gasteiger partial charge in [0.05, 0.1) is 6.61 Å². The zero-order valence-electron chi connectivity index (χ0n) is 10.5. The quantitative estimate of drug-likeness (QED) is 0.422. The summed E-state index contributed by atoms with van der Waals surface area (Å²) in [5, 5.41) is 0. The smallest absolute Gasteiger partial charge is 0.327 e. The van der Waals surface area contributed by atoms with Crippen molar-refractivity contribution >= 4 is 12.2 Å². The minimum Gasteiger partial charge on any atom is -0.489 e. The highest BCUT2D eigenvalue weighted by Crippen LogP contribution is 2.15. The fraction of sp³-hybridized carbons (Fsp3) is 0.286. The lowest BCUT2D eigenvalue weighted by atomic mass is 10.2. The van der Waals surface area contributed by atoms with Gasteiger partial charge in [-0.15, -0.1) is 0 Å². The summed E-state index contributed by atoms with van der Waals surface area (Å²) in [4.78, 5) is 15.1. The first-order chi connectivity index (χ1) is 8.77. The summed E-state index contributed by atoms with van der Waals surface area (Å²) in [6, 6.07) is 7.47. The zero-order valence-corrected chi connectivity index (χ0v) is 10.5. The summed E-state index contributed by atoms with van der Waals surface area (Å²) in [5.74, 6) is 0.378. The third-order valence-electron chi connectivity index (χ3n) is 2.03. The van der Waals surface area contributed by atoms with E-state index >= 15 is 0 Å². The summed E-state index contributed by atoms with van der Waals surface area (Å²) < 4.78 is 10.2. The van der Waals surface area contributed by atoms with E-state index in [1.54, 1.807) is 19.2 Å². The average molecular weight is 247 g/mol. The molecule has 0 radical (unpaired) electrons. The van der Waals surface area contributed by atoms with Crippen LogP contribution in [-0.2, 0) is 9.53 Å². The molecule has 0 unspecified atom stereocenters. The van der Waals surface area contributed by atoms with Crippen LogP contribution in [0.25, 0.3) is 0 Å². The molecule has 0 N–H and O–H groups in total. The van der Waals surface area contributed by atoms with Crippen molar-refractivity contribution < 1.29 is 14.3 Å². The molecule has 1 aromatic rings. The normalized spacial score (nSPS) is 10.3. The van der Waals surface area contributed by atoms with Gasteiger partial charge in [-0.05, 0) is 19.1 Å². The third kappa shape index (κ3) is 4.82. The molecule has 0 saturated heterocycles. The number of para-hydroxylation sites is 1. The number of hydrogen-bond donors (Lipinski definition) is 0. The zero-order chi connectivity index (χ0) is 13.2. The minimum atomic E-state index is -0.335. The molecule has 1 rings (SSSR count). The van der Waals surface area contributed by atoms with Crippen molar-refractivity contribution in [3.8, 4) is 5.75 Å². The Morgan fingerprint density at radius 1 is 1.44 bits per heavy atom. The van der Waals surface area contributed by atoms with Crippen molar-refractivity contribution in [1.82, 2.24) is 0 Å². The molecule has 4 nitrogen and oxygen atoms in total. The number of rotatable bonds is 7. The van der Waals surface area contributed by atoms with E-state index < -0.39 is 0 Å². The first kappa shape index (κ1) is 14.0. The van der Waals surface area contributed by atoms with Gasteiger partial charge in [-0.2, -0.15) is 0 Å². The number of carbonyl (C=O) groups is 1. The van der Waals surface area contributed by atoms with E-state index in [9.17, 15) is 4.79 Å².